The van der Waals surface area contributed by atoms with Crippen LogP contribution < -0.4 is 5.73 Å². The van der Waals surface area contributed by atoms with Crippen molar-refractivity contribution in [2.45, 2.75) is 25.8 Å². The predicted octanol–water partition coefficient (Wildman–Crippen LogP) is 0.172. The van der Waals surface area contributed by atoms with Crippen molar-refractivity contribution >= 4 is 27.0 Å². The SMILES string of the molecule is CCS(=O)(=O)CCN1CCCC1C(N)=S. The van der Waals surface area contributed by atoms with Crippen LogP contribution in [-0.4, -0.2) is 48.9 Å². The highest BCUT2D eigenvalue weighted by Gasteiger charge is 2.27. The largest absolute Gasteiger partial charge is 0.392 e. The number of hydrogen-bond acceptors (Lipinski definition) is 4. The lowest BCUT2D eigenvalue weighted by molar-refractivity contribution is 0.321. The molecule has 0 aromatic heterocycles. The third-order valence-corrected chi connectivity index (χ3v) is 4.78. The molecule has 88 valence electrons. The van der Waals surface area contributed by atoms with Gasteiger partial charge in [-0.25, -0.2) is 8.42 Å². The Labute approximate surface area is 96.7 Å². The van der Waals surface area contributed by atoms with E-state index in [1.807, 2.05) is 0 Å². The molecular formula is C9H18N2O2S2. The predicted molar refractivity (Wildman–Crippen MR) is 65.7 cm³/mol. The average Bonchev–Trinajstić information content (AvgIpc) is 2.63. The minimum absolute atomic E-state index is 0.104. The van der Waals surface area contributed by atoms with Crippen LogP contribution in [0, 0.1) is 0 Å². The maximum absolute atomic E-state index is 11.3. The minimum Gasteiger partial charge on any atom is -0.392 e. The van der Waals surface area contributed by atoms with Gasteiger partial charge in [-0.05, 0) is 19.4 Å². The van der Waals surface area contributed by atoms with Crippen molar-refractivity contribution < 1.29 is 8.42 Å². The molecule has 0 saturated carbocycles. The number of nitrogens with two attached hydrogens (primary N) is 1. The zero-order valence-corrected chi connectivity index (χ0v) is 10.6. The van der Waals surface area contributed by atoms with Crippen LogP contribution in [-0.2, 0) is 9.84 Å². The normalized spacial score (nSPS) is 23.1. The highest BCUT2D eigenvalue weighted by atomic mass is 32.2. The van der Waals surface area contributed by atoms with Crippen LogP contribution in [0.25, 0.3) is 0 Å². The topological polar surface area (TPSA) is 63.4 Å². The molecule has 6 heteroatoms. The van der Waals surface area contributed by atoms with E-state index in [9.17, 15) is 8.42 Å². The van der Waals surface area contributed by atoms with Crippen molar-refractivity contribution in [3.05, 3.63) is 0 Å². The monoisotopic (exact) mass is 250 g/mol. The fraction of sp³-hybridized carbons (Fsp3) is 0.889. The molecule has 2 N–H and O–H groups in total. The zero-order valence-electron chi connectivity index (χ0n) is 8.98. The maximum atomic E-state index is 11.3. The molecule has 0 aromatic carbocycles. The van der Waals surface area contributed by atoms with Gasteiger partial charge >= 0.3 is 0 Å². The third-order valence-electron chi connectivity index (χ3n) is 2.82. The summed E-state index contributed by atoms with van der Waals surface area (Å²) in [6.45, 7) is 3.13. The number of likely N-dealkylation sites (tertiary alicyclic amines) is 1. The van der Waals surface area contributed by atoms with Gasteiger partial charge in [0.1, 0.15) is 0 Å². The summed E-state index contributed by atoms with van der Waals surface area (Å²) in [7, 11) is -2.88. The van der Waals surface area contributed by atoms with Gasteiger partial charge in [-0.3, -0.25) is 4.90 Å². The minimum atomic E-state index is -2.88. The Balaban J connectivity index is 2.48. The summed E-state index contributed by atoms with van der Waals surface area (Å²) in [6.07, 6.45) is 2.01. The molecule has 15 heavy (non-hydrogen) atoms. The summed E-state index contributed by atoms with van der Waals surface area (Å²) in [5.41, 5.74) is 5.60. The van der Waals surface area contributed by atoms with Crippen molar-refractivity contribution in [3.8, 4) is 0 Å². The smallest absolute Gasteiger partial charge is 0.151 e. The first-order chi connectivity index (χ1) is 6.96. The van der Waals surface area contributed by atoms with E-state index in [0.717, 1.165) is 19.4 Å². The highest BCUT2D eigenvalue weighted by Crippen LogP contribution is 2.17. The van der Waals surface area contributed by atoms with E-state index in [1.165, 1.54) is 0 Å². The highest BCUT2D eigenvalue weighted by molar-refractivity contribution is 7.91. The first kappa shape index (κ1) is 12.9. The summed E-state index contributed by atoms with van der Waals surface area (Å²) in [6, 6.07) is 0.104. The Bertz CT molecular complexity index is 327. The van der Waals surface area contributed by atoms with Crippen molar-refractivity contribution in [1.82, 2.24) is 4.90 Å². The third kappa shape index (κ3) is 3.70. The first-order valence-electron chi connectivity index (χ1n) is 5.20. The molecule has 1 aliphatic rings. The Kier molecular flexibility index (Phi) is 4.48. The summed E-state index contributed by atoms with van der Waals surface area (Å²) in [5, 5.41) is 0. The molecule has 1 atom stereocenters. The van der Waals surface area contributed by atoms with E-state index in [4.69, 9.17) is 18.0 Å². The summed E-state index contributed by atoms with van der Waals surface area (Å²) >= 11 is 4.96. The average molecular weight is 250 g/mol. The maximum Gasteiger partial charge on any atom is 0.151 e. The van der Waals surface area contributed by atoms with Crippen LogP contribution in [0.5, 0.6) is 0 Å². The Morgan fingerprint density at radius 2 is 2.27 bits per heavy atom. The van der Waals surface area contributed by atoms with Crippen molar-refractivity contribution in [3.63, 3.8) is 0 Å². The van der Waals surface area contributed by atoms with Crippen LogP contribution in [0.2, 0.25) is 0 Å². The van der Waals surface area contributed by atoms with Crippen molar-refractivity contribution in [2.75, 3.05) is 24.6 Å². The number of hydrogen-bond donors (Lipinski definition) is 1. The molecule has 4 nitrogen and oxygen atoms in total. The lowest BCUT2D eigenvalue weighted by atomic mass is 10.2. The molecule has 1 fully saturated rings. The molecule has 0 bridgehead atoms. The molecule has 1 heterocycles. The van der Waals surface area contributed by atoms with Gasteiger partial charge in [0.25, 0.3) is 0 Å². The van der Waals surface area contributed by atoms with E-state index in [0.29, 0.717) is 11.5 Å². The molecular weight excluding hydrogens is 232 g/mol. The number of rotatable bonds is 5. The van der Waals surface area contributed by atoms with E-state index in [2.05, 4.69) is 4.90 Å². The van der Waals surface area contributed by atoms with Gasteiger partial charge in [0.15, 0.2) is 9.84 Å². The summed E-state index contributed by atoms with van der Waals surface area (Å²) in [4.78, 5) is 2.57. The quantitative estimate of drug-likeness (QED) is 0.705. The zero-order chi connectivity index (χ0) is 11.5. The second-order valence-electron chi connectivity index (χ2n) is 3.83. The van der Waals surface area contributed by atoms with E-state index < -0.39 is 9.84 Å². The molecule has 1 aliphatic heterocycles. The van der Waals surface area contributed by atoms with Gasteiger partial charge in [-0.1, -0.05) is 19.1 Å². The lowest BCUT2D eigenvalue weighted by Gasteiger charge is -2.22. The Morgan fingerprint density at radius 1 is 1.60 bits per heavy atom. The van der Waals surface area contributed by atoms with Crippen LogP contribution in [0.1, 0.15) is 19.8 Å². The molecule has 0 radical (unpaired) electrons. The van der Waals surface area contributed by atoms with Crippen LogP contribution >= 0.6 is 12.2 Å². The van der Waals surface area contributed by atoms with Crippen LogP contribution in [0.3, 0.4) is 0 Å². The van der Waals surface area contributed by atoms with E-state index in [1.54, 1.807) is 6.92 Å². The fourth-order valence-electron chi connectivity index (χ4n) is 1.82. The second kappa shape index (κ2) is 5.23. The molecule has 0 aromatic rings. The molecule has 0 spiro atoms. The standard InChI is InChI=1S/C9H18N2O2S2/c1-2-15(12,13)7-6-11-5-3-4-8(11)9(10)14/h8H,2-7H2,1H3,(H2,10,14). The molecule has 1 unspecified atom stereocenters. The molecule has 0 amide bonds. The van der Waals surface area contributed by atoms with Gasteiger partial charge in [-0.2, -0.15) is 0 Å². The summed E-state index contributed by atoms with van der Waals surface area (Å²) < 4.78 is 22.7. The van der Waals surface area contributed by atoms with Gasteiger partial charge in [-0.15, -0.1) is 0 Å². The number of sulfone groups is 1. The van der Waals surface area contributed by atoms with Gasteiger partial charge in [0, 0.05) is 12.3 Å². The van der Waals surface area contributed by atoms with Crippen LogP contribution in [0.4, 0.5) is 0 Å². The van der Waals surface area contributed by atoms with Gasteiger partial charge < -0.3 is 5.73 Å². The van der Waals surface area contributed by atoms with E-state index >= 15 is 0 Å². The first-order valence-corrected chi connectivity index (χ1v) is 7.43. The number of nitrogens with zero attached hydrogens (tertiary/aromatic N) is 1. The van der Waals surface area contributed by atoms with E-state index in [-0.39, 0.29) is 17.5 Å². The van der Waals surface area contributed by atoms with Crippen molar-refractivity contribution in [2.24, 2.45) is 5.73 Å². The Morgan fingerprint density at radius 3 is 2.80 bits per heavy atom. The molecule has 1 saturated heterocycles. The number of thiocarbonyl (C=S) groups is 1. The molecule has 0 aliphatic carbocycles. The second-order valence-corrected chi connectivity index (χ2v) is 6.78. The lowest BCUT2D eigenvalue weighted by Crippen LogP contribution is -2.41. The van der Waals surface area contributed by atoms with Crippen LogP contribution in [0.15, 0.2) is 0 Å². The Hall–Kier alpha value is -0.200. The fourth-order valence-corrected chi connectivity index (χ4v) is 2.88. The van der Waals surface area contributed by atoms with Gasteiger partial charge in [0.2, 0.25) is 0 Å². The molecule has 1 rings (SSSR count). The summed E-state index contributed by atoms with van der Waals surface area (Å²) in [5.74, 6) is 0.418. The van der Waals surface area contributed by atoms with Crippen molar-refractivity contribution in [1.29, 1.82) is 0 Å². The van der Waals surface area contributed by atoms with Gasteiger partial charge in [0.05, 0.1) is 16.8 Å².